The highest BCUT2D eigenvalue weighted by Gasteiger charge is 2.30. The van der Waals surface area contributed by atoms with Crippen LogP contribution in [0.5, 0.6) is 0 Å². The van der Waals surface area contributed by atoms with Crippen molar-refractivity contribution in [3.63, 3.8) is 0 Å². The molecule has 0 N–H and O–H groups in total. The maximum Gasteiger partial charge on any atom is 0.410 e. The minimum absolute atomic E-state index is 0.0232. The number of ether oxygens (including phenoxy) is 1. The maximum atomic E-state index is 12.5. The predicted molar refractivity (Wildman–Crippen MR) is 91.9 cm³/mol. The second-order valence-electron chi connectivity index (χ2n) is 5.63. The molecule has 0 spiro atoms. The van der Waals surface area contributed by atoms with Gasteiger partial charge in [-0.2, -0.15) is 0 Å². The number of halogens is 1. The molecule has 0 saturated carbocycles. The van der Waals surface area contributed by atoms with Crippen LogP contribution < -0.4 is 0 Å². The molecule has 3 rings (SSSR count). The zero-order valence-corrected chi connectivity index (χ0v) is 14.4. The van der Waals surface area contributed by atoms with Crippen molar-refractivity contribution in [2.75, 3.05) is 6.54 Å². The number of benzene rings is 1. The summed E-state index contributed by atoms with van der Waals surface area (Å²) in [5, 5.41) is 0. The van der Waals surface area contributed by atoms with E-state index in [2.05, 4.69) is 20.9 Å². The molecule has 1 aliphatic heterocycles. The van der Waals surface area contributed by atoms with Gasteiger partial charge >= 0.3 is 6.09 Å². The molecule has 4 nitrogen and oxygen atoms in total. The summed E-state index contributed by atoms with van der Waals surface area (Å²) in [6.07, 6.45) is 4.54. The van der Waals surface area contributed by atoms with Crippen LogP contribution in [-0.4, -0.2) is 22.5 Å². The summed E-state index contributed by atoms with van der Waals surface area (Å²) in [7, 11) is 0. The van der Waals surface area contributed by atoms with E-state index >= 15 is 0 Å². The van der Waals surface area contributed by atoms with Crippen molar-refractivity contribution in [3.05, 3.63) is 64.4 Å². The second kappa shape index (κ2) is 7.59. The Hall–Kier alpha value is -1.88. The van der Waals surface area contributed by atoms with Crippen LogP contribution in [0.1, 0.15) is 36.4 Å². The topological polar surface area (TPSA) is 42.4 Å². The number of rotatable bonds is 3. The molecule has 1 aromatic carbocycles. The lowest BCUT2D eigenvalue weighted by Crippen LogP contribution is -2.39. The summed E-state index contributed by atoms with van der Waals surface area (Å²) in [6.45, 7) is 1.02. The zero-order valence-electron chi connectivity index (χ0n) is 12.8. The van der Waals surface area contributed by atoms with Crippen molar-refractivity contribution < 1.29 is 9.53 Å². The number of hydrogen-bond acceptors (Lipinski definition) is 3. The number of nitrogens with zero attached hydrogens (tertiary/aromatic N) is 2. The smallest absolute Gasteiger partial charge is 0.410 e. The number of pyridine rings is 1. The van der Waals surface area contributed by atoms with Gasteiger partial charge in [-0.05, 0) is 46.8 Å². The third-order valence-electron chi connectivity index (χ3n) is 4.09. The van der Waals surface area contributed by atoms with Gasteiger partial charge in [0.15, 0.2) is 0 Å². The van der Waals surface area contributed by atoms with E-state index in [-0.39, 0.29) is 12.1 Å². The molecule has 1 atom stereocenters. The van der Waals surface area contributed by atoms with E-state index in [1.807, 2.05) is 47.4 Å². The number of likely N-dealkylation sites (tertiary alicyclic amines) is 1. The summed E-state index contributed by atoms with van der Waals surface area (Å²) in [6, 6.07) is 13.7. The molecule has 0 aliphatic carbocycles. The van der Waals surface area contributed by atoms with Crippen LogP contribution >= 0.6 is 15.9 Å². The fraction of sp³-hybridized carbons (Fsp3) is 0.333. The molecule has 5 heteroatoms. The average Bonchev–Trinajstić information content (AvgIpc) is 2.61. The van der Waals surface area contributed by atoms with E-state index in [1.54, 1.807) is 6.20 Å². The molecule has 0 bridgehead atoms. The van der Waals surface area contributed by atoms with E-state index in [0.717, 1.165) is 41.5 Å². The number of piperidine rings is 1. The van der Waals surface area contributed by atoms with E-state index in [1.165, 1.54) is 0 Å². The Morgan fingerprint density at radius 2 is 2.04 bits per heavy atom. The fourth-order valence-corrected chi connectivity index (χ4v) is 3.44. The highest BCUT2D eigenvalue weighted by molar-refractivity contribution is 9.10. The van der Waals surface area contributed by atoms with Gasteiger partial charge in [-0.15, -0.1) is 0 Å². The first-order chi connectivity index (χ1) is 11.3. The second-order valence-corrected chi connectivity index (χ2v) is 6.38. The molecule has 2 heterocycles. The molecular formula is C18H19BrN2O2. The molecule has 1 aliphatic rings. The Morgan fingerprint density at radius 1 is 1.22 bits per heavy atom. The average molecular weight is 375 g/mol. The van der Waals surface area contributed by atoms with Gasteiger partial charge in [0, 0.05) is 18.3 Å². The lowest BCUT2D eigenvalue weighted by molar-refractivity contribution is 0.0676. The summed E-state index contributed by atoms with van der Waals surface area (Å²) in [4.78, 5) is 18.6. The van der Waals surface area contributed by atoms with Gasteiger partial charge in [0.1, 0.15) is 11.2 Å². The van der Waals surface area contributed by atoms with Crippen molar-refractivity contribution in [1.82, 2.24) is 9.88 Å². The molecule has 1 saturated heterocycles. The predicted octanol–water partition coefficient (Wildman–Crippen LogP) is 4.71. The van der Waals surface area contributed by atoms with Crippen molar-refractivity contribution in [2.24, 2.45) is 0 Å². The quantitative estimate of drug-likeness (QED) is 0.730. The summed E-state index contributed by atoms with van der Waals surface area (Å²) < 4.78 is 6.31. The number of hydrogen-bond donors (Lipinski definition) is 0. The van der Waals surface area contributed by atoms with Crippen LogP contribution in [0.2, 0.25) is 0 Å². The Balaban J connectivity index is 1.71. The SMILES string of the molecule is O=C(OCc1ccccc1)N1CCCC[C@@H]1c1cccnc1Br. The number of amides is 1. The molecule has 0 radical (unpaired) electrons. The van der Waals surface area contributed by atoms with Gasteiger partial charge in [-0.1, -0.05) is 36.4 Å². The first-order valence-corrected chi connectivity index (χ1v) is 8.63. The molecule has 1 aromatic heterocycles. The van der Waals surface area contributed by atoms with E-state index in [0.29, 0.717) is 6.61 Å². The summed E-state index contributed by atoms with van der Waals surface area (Å²) >= 11 is 3.49. The van der Waals surface area contributed by atoms with Crippen LogP contribution in [0, 0.1) is 0 Å². The van der Waals surface area contributed by atoms with Gasteiger partial charge in [0.25, 0.3) is 0 Å². The largest absolute Gasteiger partial charge is 0.445 e. The minimum Gasteiger partial charge on any atom is -0.445 e. The highest BCUT2D eigenvalue weighted by Crippen LogP contribution is 2.34. The molecule has 0 unspecified atom stereocenters. The van der Waals surface area contributed by atoms with E-state index in [4.69, 9.17) is 4.74 Å². The fourth-order valence-electron chi connectivity index (χ4n) is 2.92. The zero-order chi connectivity index (χ0) is 16.1. The monoisotopic (exact) mass is 374 g/mol. The lowest BCUT2D eigenvalue weighted by atomic mass is 9.97. The van der Waals surface area contributed by atoms with Crippen LogP contribution in [0.25, 0.3) is 0 Å². The Bertz CT molecular complexity index is 663. The van der Waals surface area contributed by atoms with Gasteiger partial charge in [0.05, 0.1) is 6.04 Å². The third-order valence-corrected chi connectivity index (χ3v) is 4.75. The standard InChI is InChI=1S/C18H19BrN2O2/c19-17-15(9-6-11-20-17)16-10-4-5-12-21(16)18(22)23-13-14-7-2-1-3-8-14/h1-3,6-9,11,16H,4-5,10,12-13H2/t16-/m1/s1. The van der Waals surface area contributed by atoms with Crippen LogP contribution in [-0.2, 0) is 11.3 Å². The Kier molecular flexibility index (Phi) is 5.28. The van der Waals surface area contributed by atoms with E-state index < -0.39 is 0 Å². The van der Waals surface area contributed by atoms with Gasteiger partial charge in [0.2, 0.25) is 0 Å². The highest BCUT2D eigenvalue weighted by atomic mass is 79.9. The van der Waals surface area contributed by atoms with Crippen molar-refractivity contribution in [3.8, 4) is 0 Å². The van der Waals surface area contributed by atoms with E-state index in [9.17, 15) is 4.79 Å². The van der Waals surface area contributed by atoms with Crippen LogP contribution in [0.3, 0.4) is 0 Å². The normalized spacial score (nSPS) is 17.8. The minimum atomic E-state index is -0.255. The lowest BCUT2D eigenvalue weighted by Gasteiger charge is -2.35. The van der Waals surface area contributed by atoms with Crippen molar-refractivity contribution in [1.29, 1.82) is 0 Å². The van der Waals surface area contributed by atoms with Crippen molar-refractivity contribution >= 4 is 22.0 Å². The summed E-state index contributed by atoms with van der Waals surface area (Å²) in [5.41, 5.74) is 2.04. The number of carbonyl (C=O) groups excluding carboxylic acids is 1. The molecular weight excluding hydrogens is 356 g/mol. The number of carbonyl (C=O) groups is 1. The van der Waals surface area contributed by atoms with Crippen molar-refractivity contribution in [2.45, 2.75) is 31.9 Å². The molecule has 1 fully saturated rings. The van der Waals surface area contributed by atoms with Crippen LogP contribution in [0.4, 0.5) is 4.79 Å². The number of aromatic nitrogens is 1. The molecule has 120 valence electrons. The maximum absolute atomic E-state index is 12.5. The Morgan fingerprint density at radius 3 is 2.83 bits per heavy atom. The van der Waals surface area contributed by atoms with Crippen LogP contribution in [0.15, 0.2) is 53.3 Å². The first kappa shape index (κ1) is 16.0. The first-order valence-electron chi connectivity index (χ1n) is 7.83. The molecule has 2 aromatic rings. The van der Waals surface area contributed by atoms with Gasteiger partial charge in [-0.25, -0.2) is 9.78 Å². The van der Waals surface area contributed by atoms with Gasteiger partial charge in [-0.3, -0.25) is 0 Å². The molecule has 1 amide bonds. The third kappa shape index (κ3) is 3.91. The Labute approximate surface area is 144 Å². The molecule has 23 heavy (non-hydrogen) atoms. The van der Waals surface area contributed by atoms with Gasteiger partial charge < -0.3 is 9.64 Å². The summed E-state index contributed by atoms with van der Waals surface area (Å²) in [5.74, 6) is 0.